The van der Waals surface area contributed by atoms with Gasteiger partial charge in [-0.2, -0.15) is 0 Å². The highest BCUT2D eigenvalue weighted by atomic mass is 16.5. The Bertz CT molecular complexity index is 753. The lowest BCUT2D eigenvalue weighted by Crippen LogP contribution is -2.29. The summed E-state index contributed by atoms with van der Waals surface area (Å²) in [5.74, 6) is -1.04. The molecule has 0 heterocycles. The molecule has 0 bridgehead atoms. The van der Waals surface area contributed by atoms with Gasteiger partial charge in [-0.1, -0.05) is 24.3 Å². The average molecular weight is 327 g/mol. The molecule has 0 saturated carbocycles. The van der Waals surface area contributed by atoms with Crippen LogP contribution in [-0.4, -0.2) is 29.8 Å². The van der Waals surface area contributed by atoms with Crippen molar-refractivity contribution in [1.82, 2.24) is 5.32 Å². The van der Waals surface area contributed by atoms with Crippen LogP contribution >= 0.6 is 0 Å². The number of aldehydes is 1. The minimum atomic E-state index is -1.10. The van der Waals surface area contributed by atoms with E-state index in [1.165, 1.54) is 0 Å². The normalized spacial score (nSPS) is 10.0. The third kappa shape index (κ3) is 4.42. The van der Waals surface area contributed by atoms with E-state index in [0.29, 0.717) is 16.9 Å². The van der Waals surface area contributed by atoms with E-state index in [2.05, 4.69) is 5.32 Å². The third-order valence-corrected chi connectivity index (χ3v) is 3.41. The van der Waals surface area contributed by atoms with Gasteiger partial charge in [-0.25, -0.2) is 0 Å². The number of rotatable bonds is 7. The van der Waals surface area contributed by atoms with Crippen molar-refractivity contribution in [3.63, 3.8) is 0 Å². The number of hydrogen-bond donors (Lipinski definition) is 2. The van der Waals surface area contributed by atoms with Gasteiger partial charge in [0.25, 0.3) is 5.91 Å². The fourth-order valence-electron chi connectivity index (χ4n) is 2.10. The van der Waals surface area contributed by atoms with Crippen molar-refractivity contribution in [3.8, 4) is 5.75 Å². The highest BCUT2D eigenvalue weighted by Gasteiger charge is 2.08. The lowest BCUT2D eigenvalue weighted by Gasteiger charge is -2.10. The van der Waals surface area contributed by atoms with E-state index in [9.17, 15) is 14.4 Å². The van der Waals surface area contributed by atoms with Gasteiger partial charge in [-0.05, 0) is 36.2 Å². The highest BCUT2D eigenvalue weighted by molar-refractivity contribution is 5.95. The molecule has 2 aromatic carbocycles. The zero-order valence-corrected chi connectivity index (χ0v) is 13.1. The molecule has 6 nitrogen and oxygen atoms in total. The number of carboxylic acid groups (broad SMARTS) is 1. The summed E-state index contributed by atoms with van der Waals surface area (Å²) in [7, 11) is 0. The number of ether oxygens (including phenoxy) is 1. The van der Waals surface area contributed by atoms with Gasteiger partial charge in [0.05, 0.1) is 5.56 Å². The number of carbonyl (C=O) groups excluding carboxylic acids is 2. The summed E-state index contributed by atoms with van der Waals surface area (Å²) in [5.41, 5.74) is 2.54. The summed E-state index contributed by atoms with van der Waals surface area (Å²) < 4.78 is 5.66. The van der Waals surface area contributed by atoms with E-state index in [0.717, 1.165) is 17.4 Å². The molecule has 0 atom stereocenters. The van der Waals surface area contributed by atoms with Crippen LogP contribution in [0.5, 0.6) is 5.75 Å². The molecule has 2 aromatic rings. The second-order valence-electron chi connectivity index (χ2n) is 5.17. The molecule has 6 heteroatoms. The first-order valence-electron chi connectivity index (χ1n) is 7.28. The maximum atomic E-state index is 11.7. The van der Waals surface area contributed by atoms with E-state index in [-0.39, 0.29) is 6.61 Å². The summed E-state index contributed by atoms with van der Waals surface area (Å²) in [5, 5.41) is 10.8. The van der Waals surface area contributed by atoms with Crippen LogP contribution in [-0.2, 0) is 11.4 Å². The van der Waals surface area contributed by atoms with E-state index >= 15 is 0 Å². The van der Waals surface area contributed by atoms with E-state index < -0.39 is 18.4 Å². The van der Waals surface area contributed by atoms with Crippen molar-refractivity contribution in [2.75, 3.05) is 6.54 Å². The predicted molar refractivity (Wildman–Crippen MR) is 87.3 cm³/mol. The van der Waals surface area contributed by atoms with Crippen molar-refractivity contribution < 1.29 is 24.2 Å². The molecule has 0 radical (unpaired) electrons. The van der Waals surface area contributed by atoms with Crippen LogP contribution in [0.1, 0.15) is 31.8 Å². The Morgan fingerprint density at radius 3 is 2.50 bits per heavy atom. The van der Waals surface area contributed by atoms with Gasteiger partial charge >= 0.3 is 5.97 Å². The minimum absolute atomic E-state index is 0.251. The average Bonchev–Trinajstić information content (AvgIpc) is 2.58. The number of amides is 1. The first-order chi connectivity index (χ1) is 11.5. The van der Waals surface area contributed by atoms with Crippen LogP contribution in [0.2, 0.25) is 0 Å². The number of aryl methyl sites for hydroxylation is 1. The molecule has 0 unspecified atom stereocenters. The van der Waals surface area contributed by atoms with Gasteiger partial charge < -0.3 is 15.2 Å². The van der Waals surface area contributed by atoms with E-state index in [4.69, 9.17) is 9.84 Å². The van der Waals surface area contributed by atoms with Crippen molar-refractivity contribution in [1.29, 1.82) is 0 Å². The molecule has 2 rings (SSSR count). The van der Waals surface area contributed by atoms with Crippen LogP contribution in [0.4, 0.5) is 0 Å². The molecule has 0 aliphatic carbocycles. The standard InChI is InChI=1S/C18H17NO5/c1-12-3-2-4-16(15(12)10-20)24-11-13-5-7-14(8-6-13)18(23)19-9-17(21)22/h2-8,10H,9,11H2,1H3,(H,19,23)(H,21,22). The third-order valence-electron chi connectivity index (χ3n) is 3.41. The first-order valence-corrected chi connectivity index (χ1v) is 7.28. The Balaban J connectivity index is 2.00. The quantitative estimate of drug-likeness (QED) is 0.761. The number of hydrogen-bond acceptors (Lipinski definition) is 4. The Labute approximate surface area is 139 Å². The summed E-state index contributed by atoms with van der Waals surface area (Å²) in [6, 6.07) is 12.0. The van der Waals surface area contributed by atoms with Gasteiger partial charge in [0.2, 0.25) is 0 Å². The molecule has 1 amide bonds. The predicted octanol–water partition coefficient (Wildman–Crippen LogP) is 2.20. The van der Waals surface area contributed by atoms with Gasteiger partial charge in [-0.3, -0.25) is 14.4 Å². The maximum absolute atomic E-state index is 11.7. The van der Waals surface area contributed by atoms with Gasteiger partial charge in [0, 0.05) is 5.56 Å². The lowest BCUT2D eigenvalue weighted by molar-refractivity contribution is -0.135. The van der Waals surface area contributed by atoms with Crippen molar-refractivity contribution in [3.05, 3.63) is 64.7 Å². The number of nitrogens with one attached hydrogen (secondary N) is 1. The van der Waals surface area contributed by atoms with E-state index in [1.807, 2.05) is 19.1 Å². The molecule has 24 heavy (non-hydrogen) atoms. The molecule has 0 aliphatic rings. The summed E-state index contributed by atoms with van der Waals surface area (Å²) in [6.07, 6.45) is 0.764. The van der Waals surface area contributed by atoms with E-state index in [1.54, 1.807) is 30.3 Å². The van der Waals surface area contributed by atoms with Crippen LogP contribution in [0, 0.1) is 6.92 Å². The fourth-order valence-corrected chi connectivity index (χ4v) is 2.10. The zero-order chi connectivity index (χ0) is 17.5. The Morgan fingerprint density at radius 2 is 1.88 bits per heavy atom. The monoisotopic (exact) mass is 327 g/mol. The Kier molecular flexibility index (Phi) is 5.68. The lowest BCUT2D eigenvalue weighted by atomic mass is 10.1. The largest absolute Gasteiger partial charge is 0.488 e. The second kappa shape index (κ2) is 7.92. The summed E-state index contributed by atoms with van der Waals surface area (Å²) in [6.45, 7) is 1.66. The Morgan fingerprint density at radius 1 is 1.17 bits per heavy atom. The second-order valence-corrected chi connectivity index (χ2v) is 5.17. The summed E-state index contributed by atoms with van der Waals surface area (Å²) >= 11 is 0. The molecular weight excluding hydrogens is 310 g/mol. The smallest absolute Gasteiger partial charge is 0.322 e. The molecule has 0 aliphatic heterocycles. The van der Waals surface area contributed by atoms with Gasteiger partial charge in [-0.15, -0.1) is 0 Å². The summed E-state index contributed by atoms with van der Waals surface area (Å²) in [4.78, 5) is 33.3. The maximum Gasteiger partial charge on any atom is 0.322 e. The van der Waals surface area contributed by atoms with Crippen molar-refractivity contribution >= 4 is 18.2 Å². The molecular formula is C18H17NO5. The number of aliphatic carboxylic acids is 1. The molecule has 124 valence electrons. The van der Waals surface area contributed by atoms with Crippen LogP contribution < -0.4 is 10.1 Å². The number of benzene rings is 2. The SMILES string of the molecule is Cc1cccc(OCc2ccc(C(=O)NCC(=O)O)cc2)c1C=O. The zero-order valence-electron chi connectivity index (χ0n) is 13.1. The van der Waals surface area contributed by atoms with Gasteiger partial charge in [0.15, 0.2) is 6.29 Å². The molecule has 0 spiro atoms. The van der Waals surface area contributed by atoms with Crippen molar-refractivity contribution in [2.24, 2.45) is 0 Å². The number of carbonyl (C=O) groups is 3. The number of carboxylic acids is 1. The van der Waals surface area contributed by atoms with Crippen LogP contribution in [0.25, 0.3) is 0 Å². The van der Waals surface area contributed by atoms with Crippen LogP contribution in [0.3, 0.4) is 0 Å². The highest BCUT2D eigenvalue weighted by Crippen LogP contribution is 2.21. The topological polar surface area (TPSA) is 92.7 Å². The molecule has 2 N–H and O–H groups in total. The first kappa shape index (κ1) is 17.2. The van der Waals surface area contributed by atoms with Crippen molar-refractivity contribution in [2.45, 2.75) is 13.5 Å². The Hall–Kier alpha value is -3.15. The molecule has 0 saturated heterocycles. The fraction of sp³-hybridized carbons (Fsp3) is 0.167. The minimum Gasteiger partial charge on any atom is -0.488 e. The van der Waals surface area contributed by atoms with Gasteiger partial charge in [0.1, 0.15) is 18.9 Å². The molecule has 0 aromatic heterocycles. The van der Waals surface area contributed by atoms with Crippen LogP contribution in [0.15, 0.2) is 42.5 Å². The molecule has 0 fully saturated rings.